The van der Waals surface area contributed by atoms with E-state index in [0.717, 1.165) is 0 Å². The highest BCUT2D eigenvalue weighted by Crippen LogP contribution is 2.42. The molecule has 32 heavy (non-hydrogen) atoms. The Hall–Kier alpha value is -3.57. The number of carbonyl (C=O) groups is 2. The summed E-state index contributed by atoms with van der Waals surface area (Å²) in [5, 5.41) is 11.5. The number of halogens is 1. The van der Waals surface area contributed by atoms with Crippen LogP contribution in [0.2, 0.25) is 5.02 Å². The van der Waals surface area contributed by atoms with E-state index in [1.165, 1.54) is 4.90 Å². The Labute approximate surface area is 191 Å². The molecule has 6 heteroatoms. The van der Waals surface area contributed by atoms with Crippen molar-refractivity contribution < 1.29 is 19.4 Å². The zero-order valence-corrected chi connectivity index (χ0v) is 18.4. The van der Waals surface area contributed by atoms with E-state index in [4.69, 9.17) is 16.3 Å². The third kappa shape index (κ3) is 4.12. The molecule has 0 bridgehead atoms. The number of nitrogens with zero attached hydrogens (tertiary/aromatic N) is 1. The first-order valence-electron chi connectivity index (χ1n) is 10.3. The Morgan fingerprint density at radius 2 is 1.66 bits per heavy atom. The minimum Gasteiger partial charge on any atom is -0.507 e. The molecule has 1 N–H and O–H groups in total. The Morgan fingerprint density at radius 1 is 0.969 bits per heavy atom. The number of anilines is 1. The van der Waals surface area contributed by atoms with Crippen LogP contribution in [0.15, 0.2) is 84.4 Å². The molecule has 0 spiro atoms. The Morgan fingerprint density at radius 3 is 2.28 bits per heavy atom. The summed E-state index contributed by atoms with van der Waals surface area (Å²) in [7, 11) is 0. The van der Waals surface area contributed by atoms with Gasteiger partial charge >= 0.3 is 0 Å². The normalized spacial score (nSPS) is 17.8. The van der Waals surface area contributed by atoms with E-state index in [9.17, 15) is 14.7 Å². The number of para-hydroxylation sites is 1. The first-order valence-corrected chi connectivity index (χ1v) is 10.6. The van der Waals surface area contributed by atoms with Crippen molar-refractivity contribution in [2.75, 3.05) is 4.90 Å². The summed E-state index contributed by atoms with van der Waals surface area (Å²) in [6.45, 7) is 3.87. The summed E-state index contributed by atoms with van der Waals surface area (Å²) in [5.41, 5.74) is 1.62. The summed E-state index contributed by atoms with van der Waals surface area (Å²) in [6.07, 6.45) is 0.0126. The van der Waals surface area contributed by atoms with Crippen LogP contribution in [0, 0.1) is 0 Å². The van der Waals surface area contributed by atoms with Gasteiger partial charge in [0.1, 0.15) is 11.5 Å². The molecular formula is C26H22ClNO4. The summed E-state index contributed by atoms with van der Waals surface area (Å²) < 4.78 is 5.72. The first-order chi connectivity index (χ1) is 15.4. The smallest absolute Gasteiger partial charge is 0.300 e. The van der Waals surface area contributed by atoms with Crippen molar-refractivity contribution in [1.82, 2.24) is 0 Å². The molecular weight excluding hydrogens is 426 g/mol. The highest BCUT2D eigenvalue weighted by atomic mass is 35.5. The van der Waals surface area contributed by atoms with Crippen molar-refractivity contribution in [1.29, 1.82) is 0 Å². The number of ketones is 1. The predicted octanol–water partition coefficient (Wildman–Crippen LogP) is 5.75. The molecule has 1 saturated heterocycles. The van der Waals surface area contributed by atoms with Gasteiger partial charge in [0.2, 0.25) is 0 Å². The average Bonchev–Trinajstić information content (AvgIpc) is 3.04. The largest absolute Gasteiger partial charge is 0.507 e. The lowest BCUT2D eigenvalue weighted by atomic mass is 9.95. The van der Waals surface area contributed by atoms with Crippen LogP contribution in [0.5, 0.6) is 5.75 Å². The second kappa shape index (κ2) is 8.89. The van der Waals surface area contributed by atoms with Gasteiger partial charge in [0.25, 0.3) is 11.7 Å². The Bertz CT molecular complexity index is 1190. The fourth-order valence-corrected chi connectivity index (χ4v) is 3.99. The zero-order valence-electron chi connectivity index (χ0n) is 17.7. The molecule has 1 fully saturated rings. The van der Waals surface area contributed by atoms with Gasteiger partial charge in [0, 0.05) is 16.3 Å². The molecule has 0 radical (unpaired) electrons. The van der Waals surface area contributed by atoms with Crippen LogP contribution in [-0.2, 0) is 9.59 Å². The number of rotatable bonds is 5. The first kappa shape index (κ1) is 21.7. The number of benzene rings is 3. The van der Waals surface area contributed by atoms with E-state index < -0.39 is 17.7 Å². The van der Waals surface area contributed by atoms with Crippen LogP contribution in [0.4, 0.5) is 5.69 Å². The number of amides is 1. The Balaban J connectivity index is 1.89. The van der Waals surface area contributed by atoms with Gasteiger partial charge in [0.15, 0.2) is 0 Å². The van der Waals surface area contributed by atoms with Crippen LogP contribution in [0.1, 0.15) is 31.0 Å². The summed E-state index contributed by atoms with van der Waals surface area (Å²) >= 11 is 6.09. The minimum atomic E-state index is -0.801. The van der Waals surface area contributed by atoms with Crippen LogP contribution >= 0.6 is 11.6 Å². The molecule has 3 aromatic carbocycles. The molecule has 1 aliphatic rings. The Kier molecular flexibility index (Phi) is 6.01. The molecule has 0 aromatic heterocycles. The van der Waals surface area contributed by atoms with Gasteiger partial charge in [-0.05, 0) is 55.8 Å². The maximum atomic E-state index is 13.1. The lowest BCUT2D eigenvalue weighted by Crippen LogP contribution is -2.29. The fraction of sp³-hybridized carbons (Fsp3) is 0.154. The van der Waals surface area contributed by atoms with Gasteiger partial charge in [-0.15, -0.1) is 0 Å². The highest BCUT2D eigenvalue weighted by molar-refractivity contribution is 6.51. The monoisotopic (exact) mass is 447 g/mol. The zero-order chi connectivity index (χ0) is 22.8. The minimum absolute atomic E-state index is 0.0126. The van der Waals surface area contributed by atoms with Crippen LogP contribution in [-0.4, -0.2) is 22.9 Å². The van der Waals surface area contributed by atoms with E-state index in [-0.39, 0.29) is 17.4 Å². The summed E-state index contributed by atoms with van der Waals surface area (Å²) in [4.78, 5) is 27.6. The van der Waals surface area contributed by atoms with E-state index >= 15 is 0 Å². The van der Waals surface area contributed by atoms with Gasteiger partial charge in [-0.3, -0.25) is 14.5 Å². The molecule has 162 valence electrons. The molecule has 1 heterocycles. The quantitative estimate of drug-likeness (QED) is 0.307. The lowest BCUT2D eigenvalue weighted by Gasteiger charge is -2.25. The number of hydrogen-bond acceptors (Lipinski definition) is 4. The number of aliphatic hydroxyl groups excluding tert-OH is 1. The van der Waals surface area contributed by atoms with E-state index in [0.29, 0.717) is 27.6 Å². The van der Waals surface area contributed by atoms with E-state index in [1.54, 1.807) is 72.8 Å². The van der Waals surface area contributed by atoms with Gasteiger partial charge < -0.3 is 9.84 Å². The lowest BCUT2D eigenvalue weighted by molar-refractivity contribution is -0.132. The van der Waals surface area contributed by atoms with Crippen molar-refractivity contribution in [3.05, 3.63) is 101 Å². The van der Waals surface area contributed by atoms with Gasteiger partial charge in [-0.1, -0.05) is 54.1 Å². The maximum Gasteiger partial charge on any atom is 0.300 e. The topological polar surface area (TPSA) is 66.8 Å². The second-order valence-electron chi connectivity index (χ2n) is 7.75. The van der Waals surface area contributed by atoms with Crippen LogP contribution in [0.3, 0.4) is 0 Å². The summed E-state index contributed by atoms with van der Waals surface area (Å²) in [5.74, 6) is -1.04. The van der Waals surface area contributed by atoms with Crippen LogP contribution in [0.25, 0.3) is 5.76 Å². The molecule has 1 aliphatic heterocycles. The highest BCUT2D eigenvalue weighted by Gasteiger charge is 2.46. The van der Waals surface area contributed by atoms with Crippen molar-refractivity contribution >= 4 is 34.7 Å². The van der Waals surface area contributed by atoms with Crippen molar-refractivity contribution in [2.45, 2.75) is 26.0 Å². The number of ether oxygens (including phenoxy) is 1. The molecule has 3 aromatic rings. The van der Waals surface area contributed by atoms with Gasteiger partial charge in [0.05, 0.1) is 17.7 Å². The average molecular weight is 448 g/mol. The van der Waals surface area contributed by atoms with Gasteiger partial charge in [-0.2, -0.15) is 0 Å². The molecule has 4 rings (SSSR count). The van der Waals surface area contributed by atoms with Crippen molar-refractivity contribution in [3.8, 4) is 5.75 Å². The van der Waals surface area contributed by atoms with Gasteiger partial charge in [-0.25, -0.2) is 0 Å². The third-order valence-corrected chi connectivity index (χ3v) is 5.38. The van der Waals surface area contributed by atoms with E-state index in [2.05, 4.69) is 0 Å². The number of hydrogen-bond donors (Lipinski definition) is 1. The molecule has 1 unspecified atom stereocenters. The summed E-state index contributed by atoms with van der Waals surface area (Å²) in [6, 6.07) is 21.9. The maximum absolute atomic E-state index is 13.1. The number of aliphatic hydroxyl groups is 1. The second-order valence-corrected chi connectivity index (χ2v) is 8.19. The number of carbonyl (C=O) groups excluding carboxylic acids is 2. The van der Waals surface area contributed by atoms with Crippen LogP contribution < -0.4 is 9.64 Å². The van der Waals surface area contributed by atoms with E-state index in [1.807, 2.05) is 19.9 Å². The standard InChI is InChI=1S/C26H22ClNO4/c1-16(2)32-21-13-11-17(12-14-21)23-22(24(29)18-7-6-8-19(27)15-18)25(30)26(31)28(23)20-9-4-3-5-10-20/h3-16,23,29H,1-2H3/b24-22-. The van der Waals surface area contributed by atoms with Crippen molar-refractivity contribution in [2.24, 2.45) is 0 Å². The molecule has 0 saturated carbocycles. The molecule has 5 nitrogen and oxygen atoms in total. The number of Topliss-reactive ketones (excluding diaryl/α,β-unsaturated/α-hetero) is 1. The fourth-order valence-electron chi connectivity index (χ4n) is 3.79. The van der Waals surface area contributed by atoms with Crippen molar-refractivity contribution in [3.63, 3.8) is 0 Å². The third-order valence-electron chi connectivity index (χ3n) is 5.14. The molecule has 1 atom stereocenters. The predicted molar refractivity (Wildman–Crippen MR) is 125 cm³/mol. The SMILES string of the molecule is CC(C)Oc1ccc(C2/C(=C(/O)c3cccc(Cl)c3)C(=O)C(=O)N2c2ccccc2)cc1. The molecule has 0 aliphatic carbocycles. The molecule has 1 amide bonds.